The van der Waals surface area contributed by atoms with Gasteiger partial charge in [-0.05, 0) is 38.4 Å². The number of ether oxygens (including phenoxy) is 1. The third-order valence-corrected chi connectivity index (χ3v) is 5.47. The number of hydrogen-bond acceptors (Lipinski definition) is 4. The average molecular weight is 390 g/mol. The van der Waals surface area contributed by atoms with Gasteiger partial charge in [0.2, 0.25) is 0 Å². The maximum atomic E-state index is 5.47. The highest BCUT2D eigenvalue weighted by atomic mass is 16.5. The van der Waals surface area contributed by atoms with Gasteiger partial charge >= 0.3 is 0 Å². The van der Waals surface area contributed by atoms with Crippen molar-refractivity contribution in [2.75, 3.05) is 53.0 Å². The molecule has 1 fully saturated rings. The molecule has 1 heterocycles. The minimum Gasteiger partial charge on any atom is -0.379 e. The van der Waals surface area contributed by atoms with Gasteiger partial charge in [-0.25, -0.2) is 4.99 Å². The van der Waals surface area contributed by atoms with Crippen LogP contribution in [0.3, 0.4) is 0 Å². The average Bonchev–Trinajstić information content (AvgIpc) is 2.73. The number of likely N-dealkylation sites (N-methyl/N-ethyl adjacent to an activating group) is 1. The summed E-state index contributed by atoms with van der Waals surface area (Å²) in [4.78, 5) is 9.67. The minimum atomic E-state index is 0.605. The summed E-state index contributed by atoms with van der Waals surface area (Å²) in [5, 5.41) is 6.84. The lowest BCUT2D eigenvalue weighted by molar-refractivity contribution is 0.0341. The van der Waals surface area contributed by atoms with E-state index in [1.807, 2.05) is 0 Å². The van der Waals surface area contributed by atoms with Crippen LogP contribution in [-0.2, 0) is 17.8 Å². The quantitative estimate of drug-likeness (QED) is 0.475. The molecular weight excluding hydrogens is 350 g/mol. The Morgan fingerprint density at radius 3 is 2.57 bits per heavy atom. The summed E-state index contributed by atoms with van der Waals surface area (Å²) in [6, 6.07) is 9.25. The molecule has 1 aromatic carbocycles. The van der Waals surface area contributed by atoms with Crippen LogP contribution in [0, 0.1) is 0 Å². The van der Waals surface area contributed by atoms with E-state index in [4.69, 9.17) is 9.73 Å². The van der Waals surface area contributed by atoms with Crippen LogP contribution in [0.5, 0.6) is 0 Å². The first kappa shape index (κ1) is 22.7. The van der Waals surface area contributed by atoms with Crippen molar-refractivity contribution < 1.29 is 4.74 Å². The summed E-state index contributed by atoms with van der Waals surface area (Å²) in [5.41, 5.74) is 2.66. The number of morpholine rings is 1. The normalized spacial score (nSPS) is 17.0. The van der Waals surface area contributed by atoms with E-state index in [1.165, 1.54) is 17.5 Å². The number of guanidine groups is 1. The van der Waals surface area contributed by atoms with Crippen LogP contribution >= 0.6 is 0 Å². The Balaban J connectivity index is 1.92. The second-order valence-corrected chi connectivity index (χ2v) is 7.52. The topological polar surface area (TPSA) is 52.1 Å². The Morgan fingerprint density at radius 2 is 1.89 bits per heavy atom. The van der Waals surface area contributed by atoms with Crippen molar-refractivity contribution in [3.8, 4) is 0 Å². The van der Waals surface area contributed by atoms with Gasteiger partial charge in [0, 0.05) is 45.3 Å². The van der Waals surface area contributed by atoms with Crippen LogP contribution in [0.1, 0.15) is 38.3 Å². The molecule has 6 nitrogen and oxygen atoms in total. The molecule has 0 aliphatic carbocycles. The van der Waals surface area contributed by atoms with Crippen molar-refractivity contribution in [2.45, 2.75) is 46.3 Å². The molecule has 2 rings (SSSR count). The fourth-order valence-electron chi connectivity index (χ4n) is 3.25. The number of benzene rings is 1. The highest BCUT2D eigenvalue weighted by Crippen LogP contribution is 2.14. The lowest BCUT2D eigenvalue weighted by atomic mass is 10.1. The fourth-order valence-corrected chi connectivity index (χ4v) is 3.25. The van der Waals surface area contributed by atoms with E-state index in [2.05, 4.69) is 72.5 Å². The Bertz CT molecular complexity index is 586. The molecule has 158 valence electrons. The Labute approximate surface area is 171 Å². The molecule has 1 atom stereocenters. The lowest BCUT2D eigenvalue weighted by Crippen LogP contribution is -2.42. The van der Waals surface area contributed by atoms with E-state index in [0.717, 1.165) is 58.4 Å². The van der Waals surface area contributed by atoms with Crippen LogP contribution in [0.2, 0.25) is 0 Å². The predicted octanol–water partition coefficient (Wildman–Crippen LogP) is 2.30. The van der Waals surface area contributed by atoms with E-state index in [1.54, 1.807) is 0 Å². The van der Waals surface area contributed by atoms with Gasteiger partial charge in [-0.3, -0.25) is 4.90 Å². The largest absolute Gasteiger partial charge is 0.379 e. The molecule has 1 saturated heterocycles. The molecule has 2 N–H and O–H groups in total. The first-order chi connectivity index (χ1) is 13.6. The maximum Gasteiger partial charge on any atom is 0.191 e. The van der Waals surface area contributed by atoms with Gasteiger partial charge < -0.3 is 20.3 Å². The molecule has 0 radical (unpaired) electrons. The van der Waals surface area contributed by atoms with Crippen molar-refractivity contribution in [1.82, 2.24) is 20.4 Å². The molecule has 1 aromatic rings. The van der Waals surface area contributed by atoms with Crippen molar-refractivity contribution in [1.29, 1.82) is 0 Å². The molecule has 6 heteroatoms. The Kier molecular flexibility index (Phi) is 10.3. The second-order valence-electron chi connectivity index (χ2n) is 7.52. The fraction of sp³-hybridized carbons (Fsp3) is 0.682. The summed E-state index contributed by atoms with van der Waals surface area (Å²) in [6.07, 6.45) is 1.17. The van der Waals surface area contributed by atoms with E-state index in [0.29, 0.717) is 12.6 Å². The number of hydrogen-bond donors (Lipinski definition) is 2. The van der Waals surface area contributed by atoms with Gasteiger partial charge in [0.25, 0.3) is 0 Å². The van der Waals surface area contributed by atoms with Gasteiger partial charge in [0.15, 0.2) is 5.96 Å². The third-order valence-electron chi connectivity index (χ3n) is 5.47. The van der Waals surface area contributed by atoms with Crippen molar-refractivity contribution >= 4 is 5.96 Å². The number of nitrogens with zero attached hydrogens (tertiary/aromatic N) is 3. The van der Waals surface area contributed by atoms with Crippen LogP contribution in [-0.4, -0.2) is 74.8 Å². The van der Waals surface area contributed by atoms with E-state index in [-0.39, 0.29) is 0 Å². The molecule has 0 amide bonds. The highest BCUT2D eigenvalue weighted by Gasteiger charge is 2.12. The van der Waals surface area contributed by atoms with Crippen molar-refractivity contribution in [2.24, 2.45) is 4.99 Å². The smallest absolute Gasteiger partial charge is 0.191 e. The SMILES string of the molecule is CCNC(=NCc1ccccc1CN1CCOCC1)NCCN(C)C(C)CC. The zero-order chi connectivity index (χ0) is 20.2. The zero-order valence-corrected chi connectivity index (χ0v) is 18.2. The lowest BCUT2D eigenvalue weighted by Gasteiger charge is -2.27. The van der Waals surface area contributed by atoms with Crippen LogP contribution in [0.15, 0.2) is 29.3 Å². The minimum absolute atomic E-state index is 0.605. The van der Waals surface area contributed by atoms with E-state index >= 15 is 0 Å². The number of aliphatic imine (C=N–C) groups is 1. The molecule has 1 unspecified atom stereocenters. The van der Waals surface area contributed by atoms with Crippen LogP contribution in [0.25, 0.3) is 0 Å². The van der Waals surface area contributed by atoms with Crippen molar-refractivity contribution in [3.05, 3.63) is 35.4 Å². The molecule has 1 aliphatic heterocycles. The Morgan fingerprint density at radius 1 is 1.18 bits per heavy atom. The van der Waals surface area contributed by atoms with Gasteiger partial charge in [0.1, 0.15) is 0 Å². The number of nitrogens with one attached hydrogen (secondary N) is 2. The molecular formula is C22H39N5O. The van der Waals surface area contributed by atoms with Crippen LogP contribution < -0.4 is 10.6 Å². The summed E-state index contributed by atoms with van der Waals surface area (Å²) < 4.78 is 5.47. The number of rotatable bonds is 10. The third kappa shape index (κ3) is 7.78. The first-order valence-corrected chi connectivity index (χ1v) is 10.7. The standard InChI is InChI=1S/C22H39N5O/c1-5-19(3)26(4)12-11-24-22(23-6-2)25-17-20-9-7-8-10-21(20)18-27-13-15-28-16-14-27/h7-10,19H,5-6,11-18H2,1-4H3,(H2,23,24,25). The molecule has 0 spiro atoms. The second kappa shape index (κ2) is 12.8. The van der Waals surface area contributed by atoms with Gasteiger partial charge in [-0.15, -0.1) is 0 Å². The van der Waals surface area contributed by atoms with E-state index < -0.39 is 0 Å². The summed E-state index contributed by atoms with van der Waals surface area (Å²) in [5.74, 6) is 0.890. The first-order valence-electron chi connectivity index (χ1n) is 10.7. The van der Waals surface area contributed by atoms with Gasteiger partial charge in [-0.2, -0.15) is 0 Å². The highest BCUT2D eigenvalue weighted by molar-refractivity contribution is 5.79. The molecule has 0 saturated carbocycles. The summed E-state index contributed by atoms with van der Waals surface area (Å²) in [7, 11) is 2.18. The monoisotopic (exact) mass is 389 g/mol. The van der Waals surface area contributed by atoms with Gasteiger partial charge in [0.05, 0.1) is 19.8 Å². The molecule has 1 aliphatic rings. The predicted molar refractivity (Wildman–Crippen MR) is 118 cm³/mol. The zero-order valence-electron chi connectivity index (χ0n) is 18.2. The summed E-state index contributed by atoms with van der Waals surface area (Å²) in [6.45, 7) is 14.7. The molecule has 0 aromatic heterocycles. The summed E-state index contributed by atoms with van der Waals surface area (Å²) >= 11 is 0. The molecule has 0 bridgehead atoms. The van der Waals surface area contributed by atoms with Gasteiger partial charge in [-0.1, -0.05) is 31.2 Å². The molecule has 28 heavy (non-hydrogen) atoms. The van der Waals surface area contributed by atoms with E-state index in [9.17, 15) is 0 Å². The van der Waals surface area contributed by atoms with Crippen molar-refractivity contribution in [3.63, 3.8) is 0 Å². The van der Waals surface area contributed by atoms with Crippen LogP contribution in [0.4, 0.5) is 0 Å². The maximum absolute atomic E-state index is 5.47. The Hall–Kier alpha value is -1.63.